The SMILES string of the molecule is CC(C)N1CNc2c(c(=O)[nH]c(=O)n2Cc2ccc(F)cc2)C1. The summed E-state index contributed by atoms with van der Waals surface area (Å²) in [7, 11) is 0. The molecule has 0 spiro atoms. The summed E-state index contributed by atoms with van der Waals surface area (Å²) in [5, 5.41) is 3.17. The summed E-state index contributed by atoms with van der Waals surface area (Å²) < 4.78 is 14.5. The van der Waals surface area contributed by atoms with Gasteiger partial charge in [0.25, 0.3) is 5.56 Å². The number of rotatable bonds is 3. The topological polar surface area (TPSA) is 70.1 Å². The minimum Gasteiger partial charge on any atom is -0.358 e. The summed E-state index contributed by atoms with van der Waals surface area (Å²) in [6, 6.07) is 6.25. The number of benzene rings is 1. The molecule has 1 aromatic heterocycles. The van der Waals surface area contributed by atoms with Gasteiger partial charge in [0.2, 0.25) is 0 Å². The second kappa shape index (κ2) is 6.00. The minimum absolute atomic E-state index is 0.271. The minimum atomic E-state index is -0.469. The second-order valence-electron chi connectivity index (χ2n) is 5.97. The van der Waals surface area contributed by atoms with Gasteiger partial charge in [-0.15, -0.1) is 0 Å². The van der Waals surface area contributed by atoms with Gasteiger partial charge < -0.3 is 5.32 Å². The number of aromatic amines is 1. The summed E-state index contributed by atoms with van der Waals surface area (Å²) in [4.78, 5) is 28.8. The Bertz CT molecular complexity index is 823. The van der Waals surface area contributed by atoms with Gasteiger partial charge in [0.05, 0.1) is 18.8 Å². The summed E-state index contributed by atoms with van der Waals surface area (Å²) in [6.45, 7) is 5.42. The van der Waals surface area contributed by atoms with Gasteiger partial charge in [0, 0.05) is 12.6 Å². The monoisotopic (exact) mass is 318 g/mol. The van der Waals surface area contributed by atoms with Crippen LogP contribution in [-0.4, -0.2) is 27.2 Å². The third kappa shape index (κ3) is 3.05. The van der Waals surface area contributed by atoms with Crippen LogP contribution in [0.1, 0.15) is 25.0 Å². The molecule has 0 aliphatic carbocycles. The summed E-state index contributed by atoms with van der Waals surface area (Å²) >= 11 is 0. The Morgan fingerprint density at radius 3 is 2.57 bits per heavy atom. The van der Waals surface area contributed by atoms with Gasteiger partial charge in [-0.1, -0.05) is 12.1 Å². The predicted octanol–water partition coefficient (Wildman–Crippen LogP) is 1.32. The van der Waals surface area contributed by atoms with E-state index < -0.39 is 5.69 Å². The molecule has 0 radical (unpaired) electrons. The van der Waals surface area contributed by atoms with E-state index in [0.29, 0.717) is 24.6 Å². The molecule has 0 atom stereocenters. The largest absolute Gasteiger partial charge is 0.358 e. The molecule has 23 heavy (non-hydrogen) atoms. The molecule has 0 saturated heterocycles. The number of halogens is 1. The highest BCUT2D eigenvalue weighted by Crippen LogP contribution is 2.19. The van der Waals surface area contributed by atoms with Crippen LogP contribution in [0.2, 0.25) is 0 Å². The third-order valence-corrected chi connectivity index (χ3v) is 4.09. The first kappa shape index (κ1) is 15.5. The molecule has 1 aromatic carbocycles. The van der Waals surface area contributed by atoms with E-state index in [0.717, 1.165) is 5.56 Å². The highest BCUT2D eigenvalue weighted by molar-refractivity contribution is 5.46. The summed E-state index contributed by atoms with van der Waals surface area (Å²) in [5.74, 6) is 0.218. The van der Waals surface area contributed by atoms with E-state index in [4.69, 9.17) is 0 Å². The standard InChI is InChI=1S/C16H19FN4O2/c1-10(2)20-8-13-14(18-9-20)21(16(23)19-15(13)22)7-11-3-5-12(17)6-4-11/h3-6,10,18H,7-9H2,1-2H3,(H,19,22,23). The van der Waals surface area contributed by atoms with Crippen molar-refractivity contribution in [2.45, 2.75) is 33.0 Å². The first-order chi connectivity index (χ1) is 11.0. The van der Waals surface area contributed by atoms with Crippen molar-refractivity contribution in [3.05, 3.63) is 62.0 Å². The van der Waals surface area contributed by atoms with E-state index in [-0.39, 0.29) is 24.0 Å². The van der Waals surface area contributed by atoms with Crippen molar-refractivity contribution in [1.82, 2.24) is 14.5 Å². The molecule has 3 rings (SSSR count). The number of nitrogens with zero attached hydrogens (tertiary/aromatic N) is 2. The van der Waals surface area contributed by atoms with Gasteiger partial charge in [0.15, 0.2) is 0 Å². The lowest BCUT2D eigenvalue weighted by Gasteiger charge is -2.33. The molecule has 122 valence electrons. The zero-order valence-electron chi connectivity index (χ0n) is 13.1. The van der Waals surface area contributed by atoms with Gasteiger partial charge in [-0.2, -0.15) is 0 Å². The van der Waals surface area contributed by atoms with Gasteiger partial charge in [-0.25, -0.2) is 9.18 Å². The fourth-order valence-electron chi connectivity index (χ4n) is 2.68. The van der Waals surface area contributed by atoms with Crippen LogP contribution in [0.25, 0.3) is 0 Å². The van der Waals surface area contributed by atoms with Crippen molar-refractivity contribution in [3.8, 4) is 0 Å². The van der Waals surface area contributed by atoms with Crippen LogP contribution < -0.4 is 16.6 Å². The van der Waals surface area contributed by atoms with Crippen LogP contribution >= 0.6 is 0 Å². The molecule has 0 fully saturated rings. The van der Waals surface area contributed by atoms with Crippen molar-refractivity contribution in [3.63, 3.8) is 0 Å². The highest BCUT2D eigenvalue weighted by Gasteiger charge is 2.24. The molecule has 0 amide bonds. The van der Waals surface area contributed by atoms with E-state index in [1.54, 1.807) is 12.1 Å². The number of anilines is 1. The summed E-state index contributed by atoms with van der Waals surface area (Å²) in [5.41, 5.74) is 0.504. The Kier molecular flexibility index (Phi) is 4.04. The van der Waals surface area contributed by atoms with Gasteiger partial charge in [-0.3, -0.25) is 19.2 Å². The molecule has 2 heterocycles. The Balaban J connectivity index is 2.01. The Hall–Kier alpha value is -2.41. The highest BCUT2D eigenvalue weighted by atomic mass is 19.1. The molecule has 2 N–H and O–H groups in total. The first-order valence-electron chi connectivity index (χ1n) is 7.54. The smallest absolute Gasteiger partial charge is 0.330 e. The van der Waals surface area contributed by atoms with Crippen LogP contribution in [0.3, 0.4) is 0 Å². The number of nitrogens with one attached hydrogen (secondary N) is 2. The summed E-state index contributed by atoms with van der Waals surface area (Å²) in [6.07, 6.45) is 0. The second-order valence-corrected chi connectivity index (χ2v) is 5.97. The van der Waals surface area contributed by atoms with E-state index in [1.165, 1.54) is 16.7 Å². The van der Waals surface area contributed by atoms with Crippen LogP contribution in [0.15, 0.2) is 33.9 Å². The molecule has 1 aliphatic rings. The number of hydrogen-bond acceptors (Lipinski definition) is 4. The Labute approximate surface area is 132 Å². The lowest BCUT2D eigenvalue weighted by atomic mass is 10.2. The number of fused-ring (bicyclic) bond motifs is 1. The van der Waals surface area contributed by atoms with Gasteiger partial charge in [0.1, 0.15) is 11.6 Å². The Morgan fingerprint density at radius 1 is 1.22 bits per heavy atom. The van der Waals surface area contributed by atoms with Crippen LogP contribution in [0, 0.1) is 5.82 Å². The lowest BCUT2D eigenvalue weighted by Crippen LogP contribution is -2.45. The zero-order chi connectivity index (χ0) is 16.6. The van der Waals surface area contributed by atoms with E-state index in [2.05, 4.69) is 29.0 Å². The first-order valence-corrected chi connectivity index (χ1v) is 7.54. The third-order valence-electron chi connectivity index (χ3n) is 4.09. The van der Waals surface area contributed by atoms with Crippen molar-refractivity contribution < 1.29 is 4.39 Å². The van der Waals surface area contributed by atoms with Crippen LogP contribution in [0.4, 0.5) is 10.2 Å². The predicted molar refractivity (Wildman–Crippen MR) is 86.0 cm³/mol. The van der Waals surface area contributed by atoms with Crippen molar-refractivity contribution in [1.29, 1.82) is 0 Å². The fourth-order valence-corrected chi connectivity index (χ4v) is 2.68. The normalized spacial score (nSPS) is 14.6. The van der Waals surface area contributed by atoms with Crippen LogP contribution in [0.5, 0.6) is 0 Å². The van der Waals surface area contributed by atoms with Gasteiger partial charge in [-0.05, 0) is 31.5 Å². The van der Waals surface area contributed by atoms with Crippen molar-refractivity contribution in [2.24, 2.45) is 0 Å². The van der Waals surface area contributed by atoms with E-state index in [1.807, 2.05) is 0 Å². The Morgan fingerprint density at radius 2 is 1.91 bits per heavy atom. The molecule has 2 aromatic rings. The molecule has 1 aliphatic heterocycles. The maximum atomic E-state index is 13.0. The van der Waals surface area contributed by atoms with Gasteiger partial charge >= 0.3 is 5.69 Å². The van der Waals surface area contributed by atoms with Crippen LogP contribution in [-0.2, 0) is 13.1 Å². The van der Waals surface area contributed by atoms with E-state index >= 15 is 0 Å². The van der Waals surface area contributed by atoms with Crippen molar-refractivity contribution >= 4 is 5.82 Å². The molecule has 0 unspecified atom stereocenters. The number of H-pyrrole nitrogens is 1. The maximum absolute atomic E-state index is 13.0. The fraction of sp³-hybridized carbons (Fsp3) is 0.375. The zero-order valence-corrected chi connectivity index (χ0v) is 13.1. The molecular formula is C16H19FN4O2. The maximum Gasteiger partial charge on any atom is 0.330 e. The molecule has 0 bridgehead atoms. The molecule has 6 nitrogen and oxygen atoms in total. The average Bonchev–Trinajstić information content (AvgIpc) is 2.52. The molecule has 0 saturated carbocycles. The quantitative estimate of drug-likeness (QED) is 0.895. The van der Waals surface area contributed by atoms with Crippen molar-refractivity contribution in [2.75, 3.05) is 12.0 Å². The van der Waals surface area contributed by atoms with E-state index in [9.17, 15) is 14.0 Å². The number of aromatic nitrogens is 2. The number of hydrogen-bond donors (Lipinski definition) is 2. The molecular weight excluding hydrogens is 299 g/mol. The molecule has 7 heteroatoms. The lowest BCUT2D eigenvalue weighted by molar-refractivity contribution is 0.218. The average molecular weight is 318 g/mol.